The van der Waals surface area contributed by atoms with Crippen LogP contribution >= 0.6 is 0 Å². The minimum Gasteiger partial charge on any atom is -0.378 e. The molecule has 142 valence electrons. The number of morpholine rings is 1. The molecule has 2 fully saturated rings. The third-order valence-corrected chi connectivity index (χ3v) is 5.84. The van der Waals surface area contributed by atoms with Crippen LogP contribution < -0.4 is 5.32 Å². The maximum atomic E-state index is 13.3. The molecule has 0 spiro atoms. The van der Waals surface area contributed by atoms with Gasteiger partial charge in [-0.1, -0.05) is 48.5 Å². The third-order valence-electron chi connectivity index (χ3n) is 5.84. The van der Waals surface area contributed by atoms with Gasteiger partial charge in [0.05, 0.1) is 13.2 Å². The number of nitrogens with zero attached hydrogens (tertiary/aromatic N) is 1. The van der Waals surface area contributed by atoms with Gasteiger partial charge in [0.1, 0.15) is 5.54 Å². The summed E-state index contributed by atoms with van der Waals surface area (Å²) in [6.07, 6.45) is 2.69. The van der Waals surface area contributed by atoms with Crippen LogP contribution in [0.2, 0.25) is 0 Å². The highest BCUT2D eigenvalue weighted by Gasteiger charge is 2.43. The van der Waals surface area contributed by atoms with Crippen molar-refractivity contribution in [3.8, 4) is 11.1 Å². The van der Waals surface area contributed by atoms with Gasteiger partial charge in [0, 0.05) is 13.1 Å². The van der Waals surface area contributed by atoms with Gasteiger partial charge in [0.15, 0.2) is 0 Å². The number of hydrogen-bond donors (Lipinski definition) is 1. The molecule has 4 nitrogen and oxygen atoms in total. The van der Waals surface area contributed by atoms with Gasteiger partial charge in [-0.05, 0) is 55.0 Å². The second kappa shape index (κ2) is 7.83. The Hall–Kier alpha value is -2.17. The molecule has 2 heterocycles. The Balaban J connectivity index is 1.60. The smallest absolute Gasteiger partial charge is 0.243 e. The molecule has 0 bridgehead atoms. The van der Waals surface area contributed by atoms with Crippen LogP contribution in [-0.4, -0.2) is 49.2 Å². The Morgan fingerprint density at radius 2 is 1.96 bits per heavy atom. The SMILES string of the molecule is Cc1ccccc1-c1cccc(CC2(C(=O)N3CCOCC3)CCCN2)c1. The minimum atomic E-state index is -0.471. The van der Waals surface area contributed by atoms with Gasteiger partial charge in [0.2, 0.25) is 5.91 Å². The van der Waals surface area contributed by atoms with Crippen molar-refractivity contribution in [2.75, 3.05) is 32.8 Å². The highest BCUT2D eigenvalue weighted by Crippen LogP contribution is 2.30. The van der Waals surface area contributed by atoms with E-state index in [0.717, 1.165) is 25.8 Å². The molecule has 4 rings (SSSR count). The first-order chi connectivity index (χ1) is 13.2. The molecule has 2 aliphatic rings. The number of aryl methyl sites for hydroxylation is 1. The number of ether oxygens (including phenoxy) is 1. The summed E-state index contributed by atoms with van der Waals surface area (Å²) in [5, 5.41) is 3.55. The van der Waals surface area contributed by atoms with Crippen LogP contribution in [0.15, 0.2) is 48.5 Å². The summed E-state index contributed by atoms with van der Waals surface area (Å²) in [7, 11) is 0. The first kappa shape index (κ1) is 18.2. The zero-order valence-electron chi connectivity index (χ0n) is 16.0. The number of hydrogen-bond acceptors (Lipinski definition) is 3. The van der Waals surface area contributed by atoms with Crippen LogP contribution in [0.3, 0.4) is 0 Å². The lowest BCUT2D eigenvalue weighted by molar-refractivity contribution is -0.142. The first-order valence-electron chi connectivity index (χ1n) is 9.95. The second-order valence-corrected chi connectivity index (χ2v) is 7.71. The predicted molar refractivity (Wildman–Crippen MR) is 108 cm³/mol. The Kier molecular flexibility index (Phi) is 5.28. The summed E-state index contributed by atoms with van der Waals surface area (Å²) < 4.78 is 5.43. The average Bonchev–Trinajstić information content (AvgIpc) is 3.18. The third kappa shape index (κ3) is 3.78. The highest BCUT2D eigenvalue weighted by atomic mass is 16.5. The molecule has 2 aromatic rings. The zero-order chi connectivity index (χ0) is 18.7. The number of nitrogens with one attached hydrogen (secondary N) is 1. The van der Waals surface area contributed by atoms with Gasteiger partial charge in [-0.15, -0.1) is 0 Å². The lowest BCUT2D eigenvalue weighted by atomic mass is 9.86. The van der Waals surface area contributed by atoms with E-state index >= 15 is 0 Å². The largest absolute Gasteiger partial charge is 0.378 e. The molecule has 0 radical (unpaired) electrons. The van der Waals surface area contributed by atoms with Crippen LogP contribution in [0.5, 0.6) is 0 Å². The molecule has 1 amide bonds. The number of carbonyl (C=O) groups is 1. The van der Waals surface area contributed by atoms with Crippen molar-refractivity contribution in [2.24, 2.45) is 0 Å². The van der Waals surface area contributed by atoms with E-state index in [-0.39, 0.29) is 5.91 Å². The van der Waals surface area contributed by atoms with Crippen LogP contribution in [0.4, 0.5) is 0 Å². The molecule has 4 heteroatoms. The lowest BCUT2D eigenvalue weighted by Gasteiger charge is -2.36. The van der Waals surface area contributed by atoms with Gasteiger partial charge < -0.3 is 15.0 Å². The average molecular weight is 364 g/mol. The number of amides is 1. The van der Waals surface area contributed by atoms with Crippen molar-refractivity contribution >= 4 is 5.91 Å². The predicted octanol–water partition coefficient (Wildman–Crippen LogP) is 3.19. The number of rotatable bonds is 4. The van der Waals surface area contributed by atoms with Crippen LogP contribution in [0.1, 0.15) is 24.0 Å². The summed E-state index contributed by atoms with van der Waals surface area (Å²) in [5.74, 6) is 0.240. The van der Waals surface area contributed by atoms with E-state index < -0.39 is 5.54 Å². The van der Waals surface area contributed by atoms with Crippen molar-refractivity contribution in [3.05, 3.63) is 59.7 Å². The minimum absolute atomic E-state index is 0.240. The van der Waals surface area contributed by atoms with E-state index in [4.69, 9.17) is 4.74 Å². The Morgan fingerprint density at radius 3 is 2.70 bits per heavy atom. The lowest BCUT2D eigenvalue weighted by Crippen LogP contribution is -2.58. The Bertz CT molecular complexity index is 806. The Morgan fingerprint density at radius 1 is 1.15 bits per heavy atom. The summed E-state index contributed by atoms with van der Waals surface area (Å²) in [4.78, 5) is 15.3. The Labute approximate surface area is 161 Å². The van der Waals surface area contributed by atoms with Gasteiger partial charge in [-0.2, -0.15) is 0 Å². The maximum Gasteiger partial charge on any atom is 0.243 e. The summed E-state index contributed by atoms with van der Waals surface area (Å²) in [6, 6.07) is 17.1. The van der Waals surface area contributed by atoms with Crippen LogP contribution in [0.25, 0.3) is 11.1 Å². The van der Waals surface area contributed by atoms with Gasteiger partial charge >= 0.3 is 0 Å². The normalized spacial score (nSPS) is 22.8. The fourth-order valence-electron chi connectivity index (χ4n) is 4.38. The van der Waals surface area contributed by atoms with Crippen molar-refractivity contribution in [2.45, 2.75) is 31.7 Å². The van der Waals surface area contributed by atoms with E-state index in [0.29, 0.717) is 26.3 Å². The van der Waals surface area contributed by atoms with E-state index in [1.165, 1.54) is 22.3 Å². The second-order valence-electron chi connectivity index (χ2n) is 7.71. The van der Waals surface area contributed by atoms with Crippen molar-refractivity contribution in [1.29, 1.82) is 0 Å². The summed E-state index contributed by atoms with van der Waals surface area (Å²) >= 11 is 0. The van der Waals surface area contributed by atoms with Gasteiger partial charge in [0.25, 0.3) is 0 Å². The molecule has 0 saturated carbocycles. The quantitative estimate of drug-likeness (QED) is 0.906. The van der Waals surface area contributed by atoms with Gasteiger partial charge in [-0.25, -0.2) is 0 Å². The molecule has 2 aliphatic heterocycles. The summed E-state index contributed by atoms with van der Waals surface area (Å²) in [6.45, 7) is 5.74. The molecular formula is C23H28N2O2. The first-order valence-corrected chi connectivity index (χ1v) is 9.95. The van der Waals surface area contributed by atoms with E-state index in [2.05, 4.69) is 60.8 Å². The van der Waals surface area contributed by atoms with Gasteiger partial charge in [-0.3, -0.25) is 4.79 Å². The molecule has 1 unspecified atom stereocenters. The molecule has 2 aromatic carbocycles. The molecular weight excluding hydrogens is 336 g/mol. The highest BCUT2D eigenvalue weighted by molar-refractivity contribution is 5.87. The topological polar surface area (TPSA) is 41.6 Å². The molecule has 1 N–H and O–H groups in total. The molecule has 0 aromatic heterocycles. The fourth-order valence-corrected chi connectivity index (χ4v) is 4.38. The van der Waals surface area contributed by atoms with Crippen molar-refractivity contribution in [1.82, 2.24) is 10.2 Å². The molecule has 1 atom stereocenters. The standard InChI is InChI=1S/C23H28N2O2/c1-18-6-2-3-9-21(18)20-8-4-7-19(16-20)17-23(10-5-11-24-23)22(26)25-12-14-27-15-13-25/h2-4,6-9,16,24H,5,10-15,17H2,1H3. The van der Waals surface area contributed by atoms with Crippen molar-refractivity contribution < 1.29 is 9.53 Å². The monoisotopic (exact) mass is 364 g/mol. The molecule has 27 heavy (non-hydrogen) atoms. The molecule has 2 saturated heterocycles. The fraction of sp³-hybridized carbons (Fsp3) is 0.435. The zero-order valence-corrected chi connectivity index (χ0v) is 16.0. The van der Waals surface area contributed by atoms with Crippen molar-refractivity contribution in [3.63, 3.8) is 0 Å². The maximum absolute atomic E-state index is 13.3. The van der Waals surface area contributed by atoms with E-state index in [1.807, 2.05) is 4.90 Å². The van der Waals surface area contributed by atoms with E-state index in [1.54, 1.807) is 0 Å². The number of carbonyl (C=O) groups excluding carboxylic acids is 1. The molecule has 0 aliphatic carbocycles. The summed E-state index contributed by atoms with van der Waals surface area (Å²) in [5.41, 5.74) is 4.49. The van der Waals surface area contributed by atoms with E-state index in [9.17, 15) is 4.79 Å². The van der Waals surface area contributed by atoms with Crippen LogP contribution in [0, 0.1) is 6.92 Å². The van der Waals surface area contributed by atoms with Crippen LogP contribution in [-0.2, 0) is 16.0 Å². The number of benzene rings is 2.